The summed E-state index contributed by atoms with van der Waals surface area (Å²) in [6.07, 6.45) is 4.82. The number of amides is 2. The summed E-state index contributed by atoms with van der Waals surface area (Å²) in [5.74, 6) is -1.98. The van der Waals surface area contributed by atoms with Crippen molar-refractivity contribution >= 4 is 23.5 Å². The smallest absolute Gasteiger partial charge is 0.338 e. The number of carbonyl (C=O) groups excluding carboxylic acids is 3. The molecule has 0 bridgehead atoms. The molecule has 0 aliphatic carbocycles. The maximum atomic E-state index is 12.4. The molecule has 2 rings (SSSR count). The number of esters is 1. The number of anilines is 1. The fourth-order valence-electron chi connectivity index (χ4n) is 3.33. The highest BCUT2D eigenvalue weighted by atomic mass is 16.5. The quantitative estimate of drug-likeness (QED) is 0.346. The van der Waals surface area contributed by atoms with Crippen molar-refractivity contribution in [2.24, 2.45) is 0 Å². The van der Waals surface area contributed by atoms with Crippen LogP contribution in [0.15, 0.2) is 79.9 Å². The van der Waals surface area contributed by atoms with Gasteiger partial charge in [-0.25, -0.2) is 4.79 Å². The number of benzene rings is 2. The minimum Gasteiger partial charge on any atom is -0.462 e. The van der Waals surface area contributed by atoms with E-state index >= 15 is 0 Å². The van der Waals surface area contributed by atoms with Crippen LogP contribution >= 0.6 is 0 Å². The molecule has 0 heterocycles. The average molecular weight is 421 g/mol. The average Bonchev–Trinajstić information content (AvgIpc) is 2.78. The summed E-state index contributed by atoms with van der Waals surface area (Å²) >= 11 is 0. The first-order chi connectivity index (χ1) is 15.0. The highest BCUT2D eigenvalue weighted by Gasteiger charge is 2.31. The predicted octanol–water partition coefficient (Wildman–Crippen LogP) is 4.01. The van der Waals surface area contributed by atoms with Crippen LogP contribution in [0.3, 0.4) is 0 Å². The molecule has 0 atom stereocenters. The lowest BCUT2D eigenvalue weighted by Crippen LogP contribution is -2.44. The molecule has 0 aromatic heterocycles. The van der Waals surface area contributed by atoms with Crippen molar-refractivity contribution in [2.75, 3.05) is 18.5 Å². The van der Waals surface area contributed by atoms with E-state index in [1.54, 1.807) is 31.2 Å². The molecule has 2 aromatic rings. The van der Waals surface area contributed by atoms with E-state index < -0.39 is 23.2 Å². The van der Waals surface area contributed by atoms with Crippen molar-refractivity contribution in [3.8, 4) is 0 Å². The van der Waals surface area contributed by atoms with Crippen LogP contribution in [0.5, 0.6) is 0 Å². The Balaban J connectivity index is 2.05. The first kappa shape index (κ1) is 23.6. The first-order valence-corrected chi connectivity index (χ1v) is 10.1. The molecule has 6 nitrogen and oxygen atoms in total. The summed E-state index contributed by atoms with van der Waals surface area (Å²) < 4.78 is 4.92. The Morgan fingerprint density at radius 1 is 0.935 bits per heavy atom. The van der Waals surface area contributed by atoms with Crippen LogP contribution < -0.4 is 10.6 Å². The van der Waals surface area contributed by atoms with Crippen LogP contribution in [0.2, 0.25) is 0 Å². The van der Waals surface area contributed by atoms with Crippen LogP contribution in [-0.4, -0.2) is 30.9 Å². The lowest BCUT2D eigenvalue weighted by molar-refractivity contribution is -0.136. The maximum absolute atomic E-state index is 12.4. The summed E-state index contributed by atoms with van der Waals surface area (Å²) in [6, 6.07) is 15.9. The van der Waals surface area contributed by atoms with Crippen molar-refractivity contribution in [3.05, 3.63) is 91.0 Å². The summed E-state index contributed by atoms with van der Waals surface area (Å²) in [6.45, 7) is 9.94. The molecule has 31 heavy (non-hydrogen) atoms. The van der Waals surface area contributed by atoms with Gasteiger partial charge in [0.25, 0.3) is 0 Å². The van der Waals surface area contributed by atoms with Crippen LogP contribution in [0.1, 0.15) is 35.7 Å². The molecule has 0 unspecified atom stereocenters. The van der Waals surface area contributed by atoms with Crippen LogP contribution in [-0.2, 0) is 19.7 Å². The van der Waals surface area contributed by atoms with Gasteiger partial charge in [0.1, 0.15) is 0 Å². The molecule has 0 saturated heterocycles. The van der Waals surface area contributed by atoms with Crippen molar-refractivity contribution in [2.45, 2.75) is 25.2 Å². The van der Waals surface area contributed by atoms with Crippen LogP contribution in [0.25, 0.3) is 0 Å². The highest BCUT2D eigenvalue weighted by Crippen LogP contribution is 2.32. The van der Waals surface area contributed by atoms with E-state index in [1.807, 2.05) is 30.3 Å². The Labute approximate surface area is 183 Å². The number of hydrogen-bond donors (Lipinski definition) is 2. The van der Waals surface area contributed by atoms with Crippen LogP contribution in [0, 0.1) is 0 Å². The van der Waals surface area contributed by atoms with Gasteiger partial charge >= 0.3 is 17.8 Å². The number of nitrogens with one attached hydrogen (secondary N) is 2. The molecule has 0 radical (unpaired) electrons. The van der Waals surface area contributed by atoms with E-state index in [1.165, 1.54) is 12.1 Å². The van der Waals surface area contributed by atoms with E-state index in [0.29, 0.717) is 24.1 Å². The topological polar surface area (TPSA) is 84.5 Å². The Morgan fingerprint density at radius 3 is 2.10 bits per heavy atom. The third-order valence-corrected chi connectivity index (χ3v) is 4.90. The van der Waals surface area contributed by atoms with E-state index in [-0.39, 0.29) is 13.2 Å². The largest absolute Gasteiger partial charge is 0.462 e. The van der Waals surface area contributed by atoms with Crippen LogP contribution in [0.4, 0.5) is 5.69 Å². The lowest BCUT2D eigenvalue weighted by Gasteiger charge is -2.33. The standard InChI is InChI=1S/C25H28N2O4/c1-4-16-25(17-5-2,20-10-8-7-9-11-20)18-26-22(28)23(29)27-21-14-12-19(13-15-21)24(30)31-6-3/h4-5,7-15H,1-2,6,16-18H2,3H3,(H,26,28)(H,27,29). The summed E-state index contributed by atoms with van der Waals surface area (Å²) in [5, 5.41) is 5.27. The molecule has 2 aromatic carbocycles. The molecule has 162 valence electrons. The van der Waals surface area contributed by atoms with Crippen molar-refractivity contribution in [3.63, 3.8) is 0 Å². The lowest BCUT2D eigenvalue weighted by atomic mass is 9.74. The molecule has 2 N–H and O–H groups in total. The normalized spacial score (nSPS) is 10.6. The second-order valence-corrected chi connectivity index (χ2v) is 7.07. The SMILES string of the molecule is C=CCC(CC=C)(CNC(=O)C(=O)Nc1ccc(C(=O)OCC)cc1)c1ccccc1. The van der Waals surface area contributed by atoms with Crippen molar-refractivity contribution in [1.82, 2.24) is 5.32 Å². The van der Waals surface area contributed by atoms with Gasteiger partial charge in [-0.15, -0.1) is 13.2 Å². The van der Waals surface area contributed by atoms with Gasteiger partial charge in [0.2, 0.25) is 0 Å². The second-order valence-electron chi connectivity index (χ2n) is 7.07. The number of allylic oxidation sites excluding steroid dienone is 2. The molecule has 0 fully saturated rings. The fourth-order valence-corrected chi connectivity index (χ4v) is 3.33. The molecule has 0 aliphatic heterocycles. The van der Waals surface area contributed by atoms with Gasteiger partial charge < -0.3 is 15.4 Å². The van der Waals surface area contributed by atoms with Crippen molar-refractivity contribution < 1.29 is 19.1 Å². The first-order valence-electron chi connectivity index (χ1n) is 10.1. The Bertz CT molecular complexity index is 910. The molecule has 6 heteroatoms. The van der Waals surface area contributed by atoms with Gasteiger partial charge in [0, 0.05) is 17.6 Å². The zero-order chi connectivity index (χ0) is 22.7. The van der Waals surface area contributed by atoms with Gasteiger partial charge in [0.15, 0.2) is 0 Å². The molecule has 0 spiro atoms. The van der Waals surface area contributed by atoms with Gasteiger partial charge in [-0.2, -0.15) is 0 Å². The van der Waals surface area contributed by atoms with Gasteiger partial charge in [-0.3, -0.25) is 9.59 Å². The monoisotopic (exact) mass is 420 g/mol. The Kier molecular flexibility index (Phi) is 8.76. The minimum atomic E-state index is -0.789. The molecule has 0 saturated carbocycles. The van der Waals surface area contributed by atoms with Gasteiger partial charge in [-0.1, -0.05) is 42.5 Å². The van der Waals surface area contributed by atoms with E-state index in [4.69, 9.17) is 4.74 Å². The van der Waals surface area contributed by atoms with Gasteiger partial charge in [0.05, 0.1) is 12.2 Å². The number of ether oxygens (including phenoxy) is 1. The summed E-state index contributed by atoms with van der Waals surface area (Å²) in [7, 11) is 0. The van der Waals surface area contributed by atoms with E-state index in [0.717, 1.165) is 5.56 Å². The number of carbonyl (C=O) groups is 3. The zero-order valence-corrected chi connectivity index (χ0v) is 17.7. The fraction of sp³-hybridized carbons (Fsp3) is 0.240. The summed E-state index contributed by atoms with van der Waals surface area (Å²) in [4.78, 5) is 36.5. The molecule has 2 amide bonds. The predicted molar refractivity (Wildman–Crippen MR) is 122 cm³/mol. The van der Waals surface area contributed by atoms with E-state index in [2.05, 4.69) is 23.8 Å². The second kappa shape index (κ2) is 11.5. The molecule has 0 aliphatic rings. The van der Waals surface area contributed by atoms with Gasteiger partial charge in [-0.05, 0) is 49.6 Å². The maximum Gasteiger partial charge on any atom is 0.338 e. The Morgan fingerprint density at radius 2 is 1.55 bits per heavy atom. The molecular weight excluding hydrogens is 392 g/mol. The van der Waals surface area contributed by atoms with E-state index in [9.17, 15) is 14.4 Å². The third-order valence-electron chi connectivity index (χ3n) is 4.90. The number of rotatable bonds is 10. The highest BCUT2D eigenvalue weighted by molar-refractivity contribution is 6.39. The number of hydrogen-bond acceptors (Lipinski definition) is 4. The summed E-state index contributed by atoms with van der Waals surface area (Å²) in [5.41, 5.74) is 1.36. The molecular formula is C25H28N2O4. The van der Waals surface area contributed by atoms with Crippen molar-refractivity contribution in [1.29, 1.82) is 0 Å². The minimum absolute atomic E-state index is 0.253. The third kappa shape index (κ3) is 6.40. The zero-order valence-electron chi connectivity index (χ0n) is 17.7. The Hall–Kier alpha value is -3.67.